The van der Waals surface area contributed by atoms with Crippen molar-refractivity contribution in [2.24, 2.45) is 0 Å². The molecule has 1 heterocycles. The molecular formula is C4H22Si7. The van der Waals surface area contributed by atoms with Crippen molar-refractivity contribution in [1.82, 2.24) is 0 Å². The standard InChI is InChI=1S/C4H22Si7/c1-6-11(2)8-3-7-4(5)9-10-11/h4H,3,6-10H2,1-2,5H3. The van der Waals surface area contributed by atoms with Gasteiger partial charge in [-0.1, -0.05) is 23.5 Å². The van der Waals surface area contributed by atoms with Gasteiger partial charge in [0.15, 0.2) is 0 Å². The zero-order valence-electron chi connectivity index (χ0n) is 8.32. The van der Waals surface area contributed by atoms with E-state index < -0.39 is 0 Å². The van der Waals surface area contributed by atoms with Crippen molar-refractivity contribution < 1.29 is 0 Å². The maximum absolute atomic E-state index is 2.86. The highest BCUT2D eigenvalue weighted by molar-refractivity contribution is 7.77. The average molecular weight is 267 g/mol. The normalized spacial score (nSPS) is 50.2. The molecule has 1 saturated heterocycles. The Morgan fingerprint density at radius 3 is 3.00 bits per heavy atom. The highest BCUT2D eigenvalue weighted by atomic mass is 30.0. The molecule has 1 aliphatic rings. The summed E-state index contributed by atoms with van der Waals surface area (Å²) >= 11 is 0. The van der Waals surface area contributed by atoms with Crippen molar-refractivity contribution in [2.75, 3.05) is 0 Å². The third-order valence-corrected chi connectivity index (χ3v) is 92.1. The van der Waals surface area contributed by atoms with Crippen LogP contribution in [0.5, 0.6) is 0 Å². The molecule has 1 rings (SSSR count). The van der Waals surface area contributed by atoms with Gasteiger partial charge in [0.2, 0.25) is 0 Å². The van der Waals surface area contributed by atoms with E-state index >= 15 is 0 Å². The molecule has 0 aromatic rings. The Balaban J connectivity index is 2.45. The summed E-state index contributed by atoms with van der Waals surface area (Å²) in [6, 6.07) is 0. The predicted molar refractivity (Wildman–Crippen MR) is 78.7 cm³/mol. The Hall–Kier alpha value is 1.52. The first-order valence-corrected chi connectivity index (χ1v) is 24.8. The first kappa shape index (κ1) is 10.6. The van der Waals surface area contributed by atoms with Crippen LogP contribution >= 0.6 is 0 Å². The first-order valence-electron chi connectivity index (χ1n) is 5.16. The molecule has 66 valence electrons. The van der Waals surface area contributed by atoms with Crippen molar-refractivity contribution in [3.8, 4) is 0 Å². The summed E-state index contributed by atoms with van der Waals surface area (Å²) < 4.78 is 0. The molecule has 0 N–H and O–H groups in total. The quantitative estimate of drug-likeness (QED) is 0.423. The monoisotopic (exact) mass is 266 g/mol. The molecule has 0 saturated carbocycles. The van der Waals surface area contributed by atoms with Crippen LogP contribution in [-0.4, -0.2) is 62.1 Å². The van der Waals surface area contributed by atoms with Crippen LogP contribution in [-0.2, 0) is 0 Å². The third kappa shape index (κ3) is 3.40. The van der Waals surface area contributed by atoms with Gasteiger partial charge in [-0.3, -0.25) is 0 Å². The van der Waals surface area contributed by atoms with Crippen LogP contribution in [0.3, 0.4) is 0 Å². The molecule has 0 amide bonds. The molecule has 0 aromatic heterocycles. The Morgan fingerprint density at radius 2 is 2.36 bits per heavy atom. The lowest BCUT2D eigenvalue weighted by molar-refractivity contribution is 1.77. The number of rotatable bonds is 1. The topological polar surface area (TPSA) is 0 Å². The van der Waals surface area contributed by atoms with E-state index in [1.807, 2.05) is 5.67 Å². The smallest absolute Gasteiger partial charge is 0.0127 e. The highest BCUT2D eigenvalue weighted by Gasteiger charge is 2.28. The van der Waals surface area contributed by atoms with E-state index in [0.717, 1.165) is 0 Å². The van der Waals surface area contributed by atoms with E-state index in [4.69, 9.17) is 0 Å². The molecule has 0 spiro atoms. The van der Waals surface area contributed by atoms with Gasteiger partial charge in [-0.25, -0.2) is 0 Å². The van der Waals surface area contributed by atoms with Crippen LogP contribution < -0.4 is 0 Å². The first-order chi connectivity index (χ1) is 5.16. The minimum absolute atomic E-state index is 0.167. The van der Waals surface area contributed by atoms with Gasteiger partial charge in [0, 0.05) is 43.3 Å². The predicted octanol–water partition coefficient (Wildman–Crippen LogP) is -4.18. The second-order valence-corrected chi connectivity index (χ2v) is 58.6. The number of hydrogen-bond acceptors (Lipinski definition) is 0. The van der Waals surface area contributed by atoms with Crippen molar-refractivity contribution in [2.45, 2.75) is 23.5 Å². The van der Waals surface area contributed by atoms with E-state index in [2.05, 4.69) is 13.1 Å². The fourth-order valence-electron chi connectivity index (χ4n) is 2.10. The van der Waals surface area contributed by atoms with Gasteiger partial charge in [-0.15, -0.1) is 0 Å². The van der Waals surface area contributed by atoms with E-state index in [1.54, 1.807) is 15.0 Å². The van der Waals surface area contributed by atoms with Crippen molar-refractivity contribution >= 4 is 62.1 Å². The average Bonchev–Trinajstić information content (AvgIpc) is 2.15. The molecule has 0 aromatic carbocycles. The Morgan fingerprint density at radius 1 is 1.64 bits per heavy atom. The summed E-state index contributed by atoms with van der Waals surface area (Å²) in [4.78, 5) is 1.56. The maximum atomic E-state index is 2.86. The highest BCUT2D eigenvalue weighted by Crippen LogP contribution is 2.08. The summed E-state index contributed by atoms with van der Waals surface area (Å²) in [5, 5.41) is 0. The van der Waals surface area contributed by atoms with Gasteiger partial charge in [0.05, 0.1) is 0 Å². The minimum atomic E-state index is -0.167. The zero-order valence-corrected chi connectivity index (χ0v) is 18.4. The van der Waals surface area contributed by atoms with Gasteiger partial charge in [0.1, 0.15) is 0 Å². The lowest BCUT2D eigenvalue weighted by atomic mass is 11.8. The van der Waals surface area contributed by atoms with Crippen molar-refractivity contribution in [3.05, 3.63) is 0 Å². The molecule has 1 fully saturated rings. The fraction of sp³-hybridized carbons (Fsp3) is 1.00. The van der Waals surface area contributed by atoms with Gasteiger partial charge >= 0.3 is 0 Å². The summed E-state index contributed by atoms with van der Waals surface area (Å²) in [7, 11) is 4.84. The van der Waals surface area contributed by atoms with E-state index in [0.29, 0.717) is 45.2 Å². The maximum Gasteiger partial charge on any atom is 0.0127 e. The lowest BCUT2D eigenvalue weighted by Gasteiger charge is -2.22. The Kier molecular flexibility index (Phi) is 4.50. The van der Waals surface area contributed by atoms with Crippen LogP contribution in [0.15, 0.2) is 0 Å². The molecule has 0 aliphatic carbocycles. The lowest BCUT2D eigenvalue weighted by Crippen LogP contribution is -2.52. The van der Waals surface area contributed by atoms with Crippen LogP contribution in [0.4, 0.5) is 0 Å². The van der Waals surface area contributed by atoms with E-state index in [-0.39, 0.29) is 6.63 Å². The molecule has 0 bridgehead atoms. The van der Waals surface area contributed by atoms with Gasteiger partial charge in [0.25, 0.3) is 0 Å². The van der Waals surface area contributed by atoms with E-state index in [1.165, 1.54) is 0 Å². The SMILES string of the molecule is C[SiH2][Si]1(C)[SiH2]C[SiH2]C([SiH3])[SiH2][SiH2]1. The van der Waals surface area contributed by atoms with Crippen molar-refractivity contribution in [1.29, 1.82) is 0 Å². The van der Waals surface area contributed by atoms with Gasteiger partial charge in [-0.05, 0) is 18.8 Å². The van der Waals surface area contributed by atoms with Crippen molar-refractivity contribution in [3.63, 3.8) is 0 Å². The molecule has 7 heteroatoms. The largest absolute Gasteiger partial charge is 0.0771 e. The fourth-order valence-corrected chi connectivity index (χ4v) is 111. The molecule has 2 unspecified atom stereocenters. The number of hydrogen-bond donors (Lipinski definition) is 0. The third-order valence-electron chi connectivity index (χ3n) is 3.57. The molecule has 2 atom stereocenters. The molecular weight excluding hydrogens is 245 g/mol. The molecule has 0 radical (unpaired) electrons. The molecule has 1 aliphatic heterocycles. The molecule has 0 nitrogen and oxygen atoms in total. The summed E-state index contributed by atoms with van der Waals surface area (Å²) in [5.41, 5.74) is 1.94. The van der Waals surface area contributed by atoms with Crippen LogP contribution in [0.25, 0.3) is 0 Å². The van der Waals surface area contributed by atoms with Gasteiger partial charge < -0.3 is 0 Å². The zero-order chi connectivity index (χ0) is 8.32. The van der Waals surface area contributed by atoms with Crippen LogP contribution in [0.2, 0.25) is 23.5 Å². The Labute approximate surface area is 85.4 Å². The summed E-state index contributed by atoms with van der Waals surface area (Å²) in [6.07, 6.45) is 0. The summed E-state index contributed by atoms with van der Waals surface area (Å²) in [5.74, 6) is 0. The second kappa shape index (κ2) is 4.67. The summed E-state index contributed by atoms with van der Waals surface area (Å²) in [6.45, 7) is 5.35. The molecule has 11 heavy (non-hydrogen) atoms. The Bertz CT molecular complexity index is 128. The van der Waals surface area contributed by atoms with Crippen LogP contribution in [0.1, 0.15) is 0 Å². The minimum Gasteiger partial charge on any atom is -0.0771 e. The van der Waals surface area contributed by atoms with E-state index in [9.17, 15) is 0 Å². The second-order valence-electron chi connectivity index (χ2n) is 4.70. The van der Waals surface area contributed by atoms with Gasteiger partial charge in [-0.2, -0.15) is 0 Å². The van der Waals surface area contributed by atoms with Crippen LogP contribution in [0, 0.1) is 0 Å².